The summed E-state index contributed by atoms with van der Waals surface area (Å²) >= 11 is 1.97. The number of methoxy groups -OCH3 is 1. The quantitative estimate of drug-likeness (QED) is 0.836. The third-order valence-electron chi connectivity index (χ3n) is 1.69. The van der Waals surface area contributed by atoms with Crippen molar-refractivity contribution >= 4 is 28.5 Å². The minimum absolute atomic E-state index is 0.141. The number of amides is 1. The highest BCUT2D eigenvalue weighted by molar-refractivity contribution is 14.1. The van der Waals surface area contributed by atoms with Gasteiger partial charge in [-0.15, -0.1) is 0 Å². The lowest BCUT2D eigenvalue weighted by Gasteiger charge is -2.07. The first-order valence-electron chi connectivity index (χ1n) is 3.68. The van der Waals surface area contributed by atoms with Gasteiger partial charge in [-0.3, -0.25) is 4.79 Å². The van der Waals surface area contributed by atoms with Crippen molar-refractivity contribution in [2.75, 3.05) is 7.11 Å². The van der Waals surface area contributed by atoms with Crippen LogP contribution in [-0.4, -0.2) is 13.0 Å². The van der Waals surface area contributed by atoms with Crippen LogP contribution in [0.5, 0.6) is 5.75 Å². The number of hydrogen-bond donors (Lipinski definition) is 1. The second-order valence-electron chi connectivity index (χ2n) is 2.48. The van der Waals surface area contributed by atoms with Crippen molar-refractivity contribution < 1.29 is 9.53 Å². The van der Waals surface area contributed by atoms with Crippen LogP contribution in [0.4, 0.5) is 0 Å². The lowest BCUT2D eigenvalue weighted by molar-refractivity contribution is 0.0997. The molecule has 0 heterocycles. The van der Waals surface area contributed by atoms with E-state index in [9.17, 15) is 4.79 Å². The van der Waals surface area contributed by atoms with E-state index in [4.69, 9.17) is 15.7 Å². The van der Waals surface area contributed by atoms with E-state index in [2.05, 4.69) is 0 Å². The van der Waals surface area contributed by atoms with Gasteiger partial charge in [-0.1, -0.05) is 0 Å². The van der Waals surface area contributed by atoms with Crippen LogP contribution in [0.2, 0.25) is 0 Å². The van der Waals surface area contributed by atoms with E-state index in [1.165, 1.54) is 7.11 Å². The van der Waals surface area contributed by atoms with Crippen molar-refractivity contribution in [3.8, 4) is 11.8 Å². The molecule has 0 saturated carbocycles. The minimum Gasteiger partial charge on any atom is -0.496 e. The van der Waals surface area contributed by atoms with Crippen LogP contribution >= 0.6 is 22.6 Å². The summed E-state index contributed by atoms with van der Waals surface area (Å²) in [5.74, 6) is -0.327. The van der Waals surface area contributed by atoms with Gasteiger partial charge in [-0.05, 0) is 34.7 Å². The lowest BCUT2D eigenvalue weighted by atomic mass is 10.1. The molecule has 0 aromatic heterocycles. The first-order chi connectivity index (χ1) is 6.61. The molecule has 0 aliphatic rings. The fraction of sp³-hybridized carbons (Fsp3) is 0.111. The van der Waals surface area contributed by atoms with Crippen LogP contribution in [0.1, 0.15) is 15.9 Å². The molecule has 0 radical (unpaired) electrons. The van der Waals surface area contributed by atoms with Crippen LogP contribution < -0.4 is 10.5 Å². The molecule has 5 heteroatoms. The Bertz CT molecular complexity index is 424. The predicted molar refractivity (Wildman–Crippen MR) is 58.9 cm³/mol. The zero-order valence-corrected chi connectivity index (χ0v) is 9.53. The number of carbonyl (C=O) groups excluding carboxylic acids is 1. The molecule has 0 fully saturated rings. The van der Waals surface area contributed by atoms with Crippen LogP contribution in [0.15, 0.2) is 12.1 Å². The smallest absolute Gasteiger partial charge is 0.253 e. The molecule has 1 aromatic rings. The summed E-state index contributed by atoms with van der Waals surface area (Å²) < 4.78 is 5.63. The average molecular weight is 302 g/mol. The Labute approximate surface area is 94.8 Å². The first-order valence-corrected chi connectivity index (χ1v) is 4.76. The monoisotopic (exact) mass is 302 g/mol. The van der Waals surface area contributed by atoms with Gasteiger partial charge in [0, 0.05) is 3.57 Å². The molecule has 0 bridgehead atoms. The zero-order valence-electron chi connectivity index (χ0n) is 7.37. The van der Waals surface area contributed by atoms with Crippen LogP contribution in [0.25, 0.3) is 0 Å². The number of halogens is 1. The largest absolute Gasteiger partial charge is 0.496 e. The Hall–Kier alpha value is -1.29. The molecule has 2 N–H and O–H groups in total. The molecular weight excluding hydrogens is 295 g/mol. The molecule has 0 aliphatic heterocycles. The topological polar surface area (TPSA) is 76.1 Å². The highest BCUT2D eigenvalue weighted by atomic mass is 127. The molecule has 0 unspecified atom stereocenters. The fourth-order valence-electron chi connectivity index (χ4n) is 1.08. The molecule has 0 atom stereocenters. The molecule has 4 nitrogen and oxygen atoms in total. The summed E-state index contributed by atoms with van der Waals surface area (Å²) in [6, 6.07) is 5.24. The zero-order chi connectivity index (χ0) is 10.7. The number of benzene rings is 1. The SMILES string of the molecule is COc1ccc(I)c(C#N)c1C(N)=O. The maximum absolute atomic E-state index is 11.1. The molecule has 72 valence electrons. The van der Waals surface area contributed by atoms with Gasteiger partial charge < -0.3 is 10.5 Å². The third kappa shape index (κ3) is 1.80. The number of ether oxygens (including phenoxy) is 1. The highest BCUT2D eigenvalue weighted by Crippen LogP contribution is 2.25. The van der Waals surface area contributed by atoms with Gasteiger partial charge in [0.2, 0.25) is 0 Å². The number of primary amides is 1. The summed E-state index contributed by atoms with van der Waals surface area (Å²) in [6.45, 7) is 0. The molecule has 1 aromatic carbocycles. The molecule has 0 aliphatic carbocycles. The molecule has 1 rings (SSSR count). The van der Waals surface area contributed by atoms with Crippen LogP contribution in [-0.2, 0) is 0 Å². The van der Waals surface area contributed by atoms with Crippen molar-refractivity contribution in [3.63, 3.8) is 0 Å². The van der Waals surface area contributed by atoms with Crippen molar-refractivity contribution in [1.29, 1.82) is 5.26 Å². The first kappa shape index (κ1) is 10.8. The van der Waals surface area contributed by atoms with E-state index in [1.807, 2.05) is 28.7 Å². The van der Waals surface area contributed by atoms with E-state index in [-0.39, 0.29) is 11.1 Å². The predicted octanol–water partition coefficient (Wildman–Crippen LogP) is 1.27. The highest BCUT2D eigenvalue weighted by Gasteiger charge is 2.16. The molecular formula is C9H7IN2O2. The Kier molecular flexibility index (Phi) is 3.30. The molecule has 1 amide bonds. The van der Waals surface area contributed by atoms with Gasteiger partial charge in [0.1, 0.15) is 11.8 Å². The Morgan fingerprint density at radius 3 is 2.71 bits per heavy atom. The maximum Gasteiger partial charge on any atom is 0.253 e. The van der Waals surface area contributed by atoms with E-state index >= 15 is 0 Å². The molecule has 14 heavy (non-hydrogen) atoms. The summed E-state index contributed by atoms with van der Waals surface area (Å²) in [5, 5.41) is 8.85. The average Bonchev–Trinajstić information content (AvgIpc) is 2.17. The molecule has 0 spiro atoms. The van der Waals surface area contributed by atoms with Gasteiger partial charge in [0.15, 0.2) is 0 Å². The maximum atomic E-state index is 11.1. The van der Waals surface area contributed by atoms with Crippen molar-refractivity contribution in [2.24, 2.45) is 5.73 Å². The second-order valence-corrected chi connectivity index (χ2v) is 3.64. The van der Waals surface area contributed by atoms with Crippen LogP contribution in [0.3, 0.4) is 0 Å². The summed E-state index contributed by atoms with van der Waals surface area (Å²) in [6.07, 6.45) is 0. The number of carbonyl (C=O) groups is 1. The number of nitrogens with zero attached hydrogens (tertiary/aromatic N) is 1. The summed E-state index contributed by atoms with van der Waals surface area (Å²) in [7, 11) is 1.43. The van der Waals surface area contributed by atoms with Crippen molar-refractivity contribution in [3.05, 3.63) is 26.8 Å². The number of nitrogens with two attached hydrogens (primary N) is 1. The van der Waals surface area contributed by atoms with Gasteiger partial charge in [0.25, 0.3) is 5.91 Å². The van der Waals surface area contributed by atoms with E-state index < -0.39 is 5.91 Å². The second kappa shape index (κ2) is 4.28. The molecule has 0 saturated heterocycles. The van der Waals surface area contributed by atoms with Crippen LogP contribution in [0, 0.1) is 14.9 Å². The Morgan fingerprint density at radius 1 is 1.64 bits per heavy atom. The normalized spacial score (nSPS) is 9.21. The summed E-state index contributed by atoms with van der Waals surface area (Å²) in [4.78, 5) is 11.1. The van der Waals surface area contributed by atoms with Gasteiger partial charge in [-0.2, -0.15) is 5.26 Å². The van der Waals surface area contributed by atoms with Gasteiger partial charge >= 0.3 is 0 Å². The fourth-order valence-corrected chi connectivity index (χ4v) is 1.65. The van der Waals surface area contributed by atoms with Crippen molar-refractivity contribution in [2.45, 2.75) is 0 Å². The number of nitriles is 1. The van der Waals surface area contributed by atoms with Crippen molar-refractivity contribution in [1.82, 2.24) is 0 Å². The Balaban J connectivity index is 3.54. The van der Waals surface area contributed by atoms with E-state index in [0.29, 0.717) is 9.32 Å². The number of rotatable bonds is 2. The number of hydrogen-bond acceptors (Lipinski definition) is 3. The van der Waals surface area contributed by atoms with Gasteiger partial charge in [0.05, 0.1) is 18.2 Å². The summed E-state index contributed by atoms with van der Waals surface area (Å²) in [5.41, 5.74) is 5.56. The minimum atomic E-state index is -0.656. The van der Waals surface area contributed by atoms with E-state index in [0.717, 1.165) is 0 Å². The van der Waals surface area contributed by atoms with Gasteiger partial charge in [-0.25, -0.2) is 0 Å². The lowest BCUT2D eigenvalue weighted by Crippen LogP contribution is -2.15. The standard InChI is InChI=1S/C9H7IN2O2/c1-14-7-3-2-6(10)5(4-11)8(7)9(12)13/h2-3H,1H3,(H2,12,13). The van der Waals surface area contributed by atoms with E-state index in [1.54, 1.807) is 12.1 Å². The third-order valence-corrected chi connectivity index (χ3v) is 2.59. The Morgan fingerprint density at radius 2 is 2.29 bits per heavy atom.